The third-order valence-electron chi connectivity index (χ3n) is 1.95. The summed E-state index contributed by atoms with van der Waals surface area (Å²) in [7, 11) is 0. The molecule has 1 rings (SSSR count). The minimum atomic E-state index is -2.85. The van der Waals surface area contributed by atoms with E-state index in [1.807, 2.05) is 0 Å². The molecule has 1 aromatic rings. The first-order chi connectivity index (χ1) is 6.93. The van der Waals surface area contributed by atoms with Gasteiger partial charge in [0.05, 0.1) is 12.6 Å². The maximum absolute atomic E-state index is 12.6. The van der Waals surface area contributed by atoms with Gasteiger partial charge >= 0.3 is 5.97 Å². The number of pyridine rings is 1. The van der Waals surface area contributed by atoms with Gasteiger partial charge < -0.3 is 10.2 Å². The maximum atomic E-state index is 12.6. The number of aromatic nitrogens is 1. The molecule has 0 unspecified atom stereocenters. The lowest BCUT2D eigenvalue weighted by Crippen LogP contribution is -2.07. The van der Waals surface area contributed by atoms with Crippen molar-refractivity contribution in [1.82, 2.24) is 4.98 Å². The molecule has 4 nitrogen and oxygen atoms in total. The Bertz CT molecular complexity index is 393. The molecule has 0 aliphatic rings. The topological polar surface area (TPSA) is 70.4 Å². The number of rotatable bonds is 3. The standard InChI is InChI=1S/C9H9F2NO3/c1-4-8(9(10)11)5(2-7(14)15)6(13)3-12-4/h3,9,13H,2H2,1H3,(H,14,15). The number of aromatic hydroxyl groups is 1. The number of nitrogens with zero attached hydrogens (tertiary/aromatic N) is 1. The Morgan fingerprint density at radius 2 is 2.20 bits per heavy atom. The lowest BCUT2D eigenvalue weighted by Gasteiger charge is -2.10. The first kappa shape index (κ1) is 11.4. The van der Waals surface area contributed by atoms with Crippen LogP contribution in [0.4, 0.5) is 8.78 Å². The quantitative estimate of drug-likeness (QED) is 0.807. The van der Waals surface area contributed by atoms with E-state index in [0.29, 0.717) is 0 Å². The molecule has 6 heteroatoms. The average molecular weight is 217 g/mol. The Hall–Kier alpha value is -1.72. The van der Waals surface area contributed by atoms with Crippen LogP contribution in [0, 0.1) is 6.92 Å². The second kappa shape index (κ2) is 4.20. The number of alkyl halides is 2. The number of halogens is 2. The molecular formula is C9H9F2NO3. The number of carboxylic acid groups (broad SMARTS) is 1. The molecule has 0 amide bonds. The molecule has 0 fully saturated rings. The average Bonchev–Trinajstić information content (AvgIpc) is 2.10. The molecule has 0 spiro atoms. The Kier molecular flexibility index (Phi) is 3.18. The van der Waals surface area contributed by atoms with Crippen molar-refractivity contribution in [3.8, 4) is 5.75 Å². The molecule has 1 aromatic heterocycles. The molecule has 0 aliphatic carbocycles. The van der Waals surface area contributed by atoms with Crippen molar-refractivity contribution in [2.75, 3.05) is 0 Å². The second-order valence-electron chi connectivity index (χ2n) is 2.99. The Morgan fingerprint density at radius 3 is 2.67 bits per heavy atom. The first-order valence-electron chi connectivity index (χ1n) is 4.10. The molecule has 82 valence electrons. The summed E-state index contributed by atoms with van der Waals surface area (Å²) in [6.45, 7) is 1.34. The van der Waals surface area contributed by atoms with E-state index in [1.54, 1.807) is 0 Å². The predicted molar refractivity (Wildman–Crippen MR) is 46.9 cm³/mol. The van der Waals surface area contributed by atoms with E-state index in [2.05, 4.69) is 4.98 Å². The highest BCUT2D eigenvalue weighted by Gasteiger charge is 2.21. The summed E-state index contributed by atoms with van der Waals surface area (Å²) in [6.07, 6.45) is -2.52. The number of aryl methyl sites for hydroxylation is 1. The van der Waals surface area contributed by atoms with Crippen LogP contribution < -0.4 is 0 Å². The van der Waals surface area contributed by atoms with Crippen LogP contribution in [0.2, 0.25) is 0 Å². The molecule has 15 heavy (non-hydrogen) atoms. The van der Waals surface area contributed by atoms with Gasteiger partial charge in [-0.1, -0.05) is 0 Å². The molecule has 0 aromatic carbocycles. The van der Waals surface area contributed by atoms with Gasteiger partial charge in [0.25, 0.3) is 6.43 Å². The smallest absolute Gasteiger partial charge is 0.307 e. The van der Waals surface area contributed by atoms with Crippen LogP contribution in [0.5, 0.6) is 5.75 Å². The highest BCUT2D eigenvalue weighted by Crippen LogP contribution is 2.31. The minimum absolute atomic E-state index is 0.0269. The van der Waals surface area contributed by atoms with Crippen LogP contribution in [-0.4, -0.2) is 21.2 Å². The number of carbonyl (C=O) groups is 1. The van der Waals surface area contributed by atoms with E-state index in [1.165, 1.54) is 6.92 Å². The maximum Gasteiger partial charge on any atom is 0.307 e. The van der Waals surface area contributed by atoms with Gasteiger partial charge in [0.1, 0.15) is 5.75 Å². The SMILES string of the molecule is Cc1ncc(O)c(CC(=O)O)c1C(F)F. The van der Waals surface area contributed by atoms with E-state index < -0.39 is 30.1 Å². The van der Waals surface area contributed by atoms with Crippen molar-refractivity contribution in [3.63, 3.8) is 0 Å². The Morgan fingerprint density at radius 1 is 1.60 bits per heavy atom. The number of carboxylic acids is 1. The highest BCUT2D eigenvalue weighted by atomic mass is 19.3. The number of hydrogen-bond donors (Lipinski definition) is 2. The molecule has 0 aliphatic heterocycles. The molecule has 0 radical (unpaired) electrons. The van der Waals surface area contributed by atoms with Crippen LogP contribution in [0.25, 0.3) is 0 Å². The normalized spacial score (nSPS) is 10.7. The van der Waals surface area contributed by atoms with Gasteiger partial charge in [-0.25, -0.2) is 8.78 Å². The van der Waals surface area contributed by atoms with Gasteiger partial charge in [-0.3, -0.25) is 9.78 Å². The summed E-state index contributed by atoms with van der Waals surface area (Å²) in [4.78, 5) is 14.0. The van der Waals surface area contributed by atoms with Crippen molar-refractivity contribution in [1.29, 1.82) is 0 Å². The zero-order valence-corrected chi connectivity index (χ0v) is 7.87. The zero-order chi connectivity index (χ0) is 11.6. The summed E-state index contributed by atoms with van der Waals surface area (Å²) < 4.78 is 25.1. The summed E-state index contributed by atoms with van der Waals surface area (Å²) in [6, 6.07) is 0. The van der Waals surface area contributed by atoms with Crippen LogP contribution in [-0.2, 0) is 11.2 Å². The third kappa shape index (κ3) is 2.39. The monoisotopic (exact) mass is 217 g/mol. The minimum Gasteiger partial charge on any atom is -0.506 e. The fraction of sp³-hybridized carbons (Fsp3) is 0.333. The predicted octanol–water partition coefficient (Wildman–Crippen LogP) is 1.66. The largest absolute Gasteiger partial charge is 0.506 e. The molecule has 2 N–H and O–H groups in total. The van der Waals surface area contributed by atoms with Crippen molar-refractivity contribution >= 4 is 5.97 Å². The van der Waals surface area contributed by atoms with Crippen molar-refractivity contribution < 1.29 is 23.8 Å². The lowest BCUT2D eigenvalue weighted by molar-refractivity contribution is -0.136. The molecule has 0 bridgehead atoms. The van der Waals surface area contributed by atoms with Gasteiger partial charge in [0.2, 0.25) is 0 Å². The second-order valence-corrected chi connectivity index (χ2v) is 2.99. The molecule has 0 saturated carbocycles. The fourth-order valence-electron chi connectivity index (χ4n) is 1.29. The summed E-state index contributed by atoms with van der Waals surface area (Å²) in [5.74, 6) is -1.80. The van der Waals surface area contributed by atoms with Gasteiger partial charge in [-0.2, -0.15) is 0 Å². The first-order valence-corrected chi connectivity index (χ1v) is 4.10. The van der Waals surface area contributed by atoms with Crippen LogP contribution in [0.1, 0.15) is 23.2 Å². The van der Waals surface area contributed by atoms with E-state index >= 15 is 0 Å². The fourth-order valence-corrected chi connectivity index (χ4v) is 1.29. The molecule has 0 saturated heterocycles. The van der Waals surface area contributed by atoms with Crippen LogP contribution >= 0.6 is 0 Å². The van der Waals surface area contributed by atoms with Crippen LogP contribution in [0.3, 0.4) is 0 Å². The molecular weight excluding hydrogens is 208 g/mol. The number of aliphatic carboxylic acids is 1. The van der Waals surface area contributed by atoms with Crippen LogP contribution in [0.15, 0.2) is 6.20 Å². The van der Waals surface area contributed by atoms with Crippen molar-refractivity contribution in [2.45, 2.75) is 19.8 Å². The van der Waals surface area contributed by atoms with E-state index in [-0.39, 0.29) is 11.3 Å². The zero-order valence-electron chi connectivity index (χ0n) is 7.87. The summed E-state index contributed by atoms with van der Waals surface area (Å²) in [5.41, 5.74) is -0.749. The molecule has 1 heterocycles. The summed E-state index contributed by atoms with van der Waals surface area (Å²) >= 11 is 0. The van der Waals surface area contributed by atoms with E-state index in [0.717, 1.165) is 6.20 Å². The van der Waals surface area contributed by atoms with Gasteiger partial charge in [0, 0.05) is 16.8 Å². The summed E-state index contributed by atoms with van der Waals surface area (Å²) in [5, 5.41) is 17.8. The van der Waals surface area contributed by atoms with Crippen molar-refractivity contribution in [2.24, 2.45) is 0 Å². The Balaban J connectivity index is 3.31. The van der Waals surface area contributed by atoms with E-state index in [9.17, 15) is 18.7 Å². The lowest BCUT2D eigenvalue weighted by atomic mass is 10.0. The number of hydrogen-bond acceptors (Lipinski definition) is 3. The Labute approximate surface area is 84.2 Å². The van der Waals surface area contributed by atoms with Gasteiger partial charge in [0.15, 0.2) is 0 Å². The third-order valence-corrected chi connectivity index (χ3v) is 1.95. The highest BCUT2D eigenvalue weighted by molar-refractivity contribution is 5.72. The molecule has 0 atom stereocenters. The van der Waals surface area contributed by atoms with Crippen molar-refractivity contribution in [3.05, 3.63) is 23.0 Å². The van der Waals surface area contributed by atoms with Gasteiger partial charge in [-0.15, -0.1) is 0 Å². The van der Waals surface area contributed by atoms with E-state index in [4.69, 9.17) is 5.11 Å². The van der Waals surface area contributed by atoms with Gasteiger partial charge in [-0.05, 0) is 6.92 Å².